The van der Waals surface area contributed by atoms with Gasteiger partial charge >= 0.3 is 7.82 Å². The van der Waals surface area contributed by atoms with E-state index in [1.165, 1.54) is 0 Å². The van der Waals surface area contributed by atoms with Crippen molar-refractivity contribution in [2.24, 2.45) is 5.92 Å². The van der Waals surface area contributed by atoms with Crippen molar-refractivity contribution < 1.29 is 23.6 Å². The Morgan fingerprint density at radius 1 is 0.962 bits per heavy atom. The Morgan fingerprint density at radius 3 is 2.08 bits per heavy atom. The second kappa shape index (κ2) is 9.77. The third-order valence-corrected chi connectivity index (χ3v) is 5.09. The number of hydrogen-bond donors (Lipinski definition) is 2. The van der Waals surface area contributed by atoms with Crippen LogP contribution in [0.2, 0.25) is 0 Å². The fourth-order valence-electron chi connectivity index (χ4n) is 2.71. The number of benzene rings is 2. The maximum atomic E-state index is 12.1. The summed E-state index contributed by atoms with van der Waals surface area (Å²) in [5.74, 6) is 1.06. The molecule has 2 N–H and O–H groups in total. The predicted molar refractivity (Wildman–Crippen MR) is 102 cm³/mol. The smallest absolute Gasteiger partial charge is 0.395 e. The van der Waals surface area contributed by atoms with E-state index in [0.29, 0.717) is 5.92 Å². The first kappa shape index (κ1) is 20.5. The Balaban J connectivity index is 1.92. The highest BCUT2D eigenvalue weighted by Crippen LogP contribution is 2.44. The molecular weight excluding hydrogens is 351 g/mol. The Hall–Kier alpha value is -1.81. The van der Waals surface area contributed by atoms with Crippen LogP contribution in [0, 0.1) is 5.92 Å². The lowest BCUT2D eigenvalue weighted by atomic mass is 9.91. The maximum absolute atomic E-state index is 12.1. The molecule has 0 saturated carbocycles. The van der Waals surface area contributed by atoms with Crippen molar-refractivity contribution in [1.29, 1.82) is 0 Å². The minimum absolute atomic E-state index is 0.275. The highest BCUT2D eigenvalue weighted by atomic mass is 31.2. The van der Waals surface area contributed by atoms with Crippen LogP contribution in [0.5, 0.6) is 11.5 Å². The number of aliphatic hydroxyl groups excluding tert-OH is 1. The number of hydrogen-bond acceptors (Lipinski definition) is 4. The molecule has 0 aromatic heterocycles. The fraction of sp³-hybridized carbons (Fsp3) is 0.400. The van der Waals surface area contributed by atoms with E-state index in [4.69, 9.17) is 9.05 Å². The van der Waals surface area contributed by atoms with Gasteiger partial charge in [0, 0.05) is 0 Å². The Kier molecular flexibility index (Phi) is 7.70. The molecule has 0 heterocycles. The lowest BCUT2D eigenvalue weighted by Gasteiger charge is -2.17. The summed E-state index contributed by atoms with van der Waals surface area (Å²) in [5, 5.41) is 9.43. The van der Waals surface area contributed by atoms with Gasteiger partial charge in [0.15, 0.2) is 0 Å². The zero-order valence-corrected chi connectivity index (χ0v) is 16.1. The lowest BCUT2D eigenvalue weighted by Crippen LogP contribution is -2.08. The second-order valence-corrected chi connectivity index (χ2v) is 7.82. The first-order valence-electron chi connectivity index (χ1n) is 8.92. The Morgan fingerprint density at radius 2 is 1.54 bits per heavy atom. The van der Waals surface area contributed by atoms with E-state index in [9.17, 15) is 14.6 Å². The van der Waals surface area contributed by atoms with Crippen molar-refractivity contribution in [3.63, 3.8) is 0 Å². The number of aliphatic hydroxyl groups is 1. The van der Waals surface area contributed by atoms with Gasteiger partial charge in [0.1, 0.15) is 11.5 Å². The number of rotatable bonds is 10. The van der Waals surface area contributed by atoms with E-state index in [1.54, 1.807) is 42.5 Å². The van der Waals surface area contributed by atoms with Crippen LogP contribution in [0.15, 0.2) is 54.6 Å². The standard InChI is InChI=1S/C20H27O5P/c1-3-17(10-9-16(2)21)15-18-11-13-20(14-12-18)25-26(22,23)24-19-7-5-4-6-8-19/h4-8,11-14,16-17,21H,3,9-10,15H2,1-2H3,(H,22,23). The molecule has 26 heavy (non-hydrogen) atoms. The average Bonchev–Trinajstić information content (AvgIpc) is 2.60. The summed E-state index contributed by atoms with van der Waals surface area (Å²) >= 11 is 0. The highest BCUT2D eigenvalue weighted by molar-refractivity contribution is 7.48. The molecule has 2 aromatic carbocycles. The van der Waals surface area contributed by atoms with Gasteiger partial charge in [0.05, 0.1) is 6.10 Å². The van der Waals surface area contributed by atoms with E-state index in [1.807, 2.05) is 19.1 Å². The topological polar surface area (TPSA) is 76.0 Å². The summed E-state index contributed by atoms with van der Waals surface area (Å²) in [6.45, 7) is 3.96. The summed E-state index contributed by atoms with van der Waals surface area (Å²) in [5.41, 5.74) is 1.13. The normalized spacial score (nSPS) is 15.7. The van der Waals surface area contributed by atoms with E-state index in [2.05, 4.69) is 6.92 Å². The SMILES string of the molecule is CCC(CCC(C)O)Cc1ccc(OP(=O)(O)Oc2ccccc2)cc1. The van der Waals surface area contributed by atoms with Gasteiger partial charge in [-0.1, -0.05) is 43.7 Å². The first-order valence-corrected chi connectivity index (χ1v) is 10.4. The third kappa shape index (κ3) is 7.20. The van der Waals surface area contributed by atoms with Crippen LogP contribution in [0.1, 0.15) is 38.7 Å². The van der Waals surface area contributed by atoms with Crippen LogP contribution < -0.4 is 9.05 Å². The summed E-state index contributed by atoms with van der Waals surface area (Å²) in [7, 11) is -4.23. The van der Waals surface area contributed by atoms with Gasteiger partial charge in [0.2, 0.25) is 0 Å². The fourth-order valence-corrected chi connectivity index (χ4v) is 3.53. The van der Waals surface area contributed by atoms with Gasteiger partial charge in [-0.25, -0.2) is 4.57 Å². The summed E-state index contributed by atoms with van der Waals surface area (Å²) in [4.78, 5) is 9.88. The monoisotopic (exact) mass is 378 g/mol. The second-order valence-electron chi connectivity index (χ2n) is 6.51. The van der Waals surface area contributed by atoms with Crippen molar-refractivity contribution in [3.8, 4) is 11.5 Å². The molecule has 2 rings (SSSR count). The van der Waals surface area contributed by atoms with Gasteiger partial charge in [0.25, 0.3) is 0 Å². The van der Waals surface area contributed by atoms with E-state index in [-0.39, 0.29) is 17.6 Å². The number of phosphoric ester groups is 1. The van der Waals surface area contributed by atoms with Crippen LogP contribution in [0.4, 0.5) is 0 Å². The van der Waals surface area contributed by atoms with Crippen LogP contribution >= 0.6 is 7.82 Å². The molecule has 3 atom stereocenters. The largest absolute Gasteiger partial charge is 0.584 e. The molecule has 5 nitrogen and oxygen atoms in total. The number of phosphoric acid groups is 1. The van der Waals surface area contributed by atoms with Crippen LogP contribution in [0.3, 0.4) is 0 Å². The molecule has 0 aliphatic rings. The minimum Gasteiger partial charge on any atom is -0.395 e. The van der Waals surface area contributed by atoms with Gasteiger partial charge < -0.3 is 14.2 Å². The molecule has 0 spiro atoms. The molecule has 0 bridgehead atoms. The first-order chi connectivity index (χ1) is 12.4. The van der Waals surface area contributed by atoms with Crippen molar-refractivity contribution in [3.05, 3.63) is 60.2 Å². The molecule has 6 heteroatoms. The van der Waals surface area contributed by atoms with Crippen molar-refractivity contribution in [2.45, 2.75) is 45.6 Å². The van der Waals surface area contributed by atoms with Crippen LogP contribution in [-0.2, 0) is 11.0 Å². The van der Waals surface area contributed by atoms with Crippen molar-refractivity contribution in [2.75, 3.05) is 0 Å². The lowest BCUT2D eigenvalue weighted by molar-refractivity contribution is 0.172. The summed E-state index contributed by atoms with van der Waals surface area (Å²) < 4.78 is 22.3. The maximum Gasteiger partial charge on any atom is 0.584 e. The van der Waals surface area contributed by atoms with Crippen LogP contribution in [0.25, 0.3) is 0 Å². The molecule has 0 fully saturated rings. The molecule has 0 radical (unpaired) electrons. The van der Waals surface area contributed by atoms with Crippen LogP contribution in [-0.4, -0.2) is 16.1 Å². The molecule has 3 unspecified atom stereocenters. The van der Waals surface area contributed by atoms with Gasteiger partial charge in [-0.15, -0.1) is 0 Å². The molecule has 0 aliphatic carbocycles. The minimum atomic E-state index is -4.23. The van der Waals surface area contributed by atoms with Crippen molar-refractivity contribution >= 4 is 7.82 Å². The molecule has 0 saturated heterocycles. The Labute approximate surface area is 155 Å². The molecule has 142 valence electrons. The zero-order chi connectivity index (χ0) is 19.0. The highest BCUT2D eigenvalue weighted by Gasteiger charge is 2.24. The quantitative estimate of drug-likeness (QED) is 0.571. The van der Waals surface area contributed by atoms with E-state index in [0.717, 1.165) is 31.2 Å². The molecule has 0 amide bonds. The van der Waals surface area contributed by atoms with Gasteiger partial charge in [-0.3, -0.25) is 4.89 Å². The van der Waals surface area contributed by atoms with E-state index >= 15 is 0 Å². The van der Waals surface area contributed by atoms with Gasteiger partial charge in [-0.2, -0.15) is 0 Å². The van der Waals surface area contributed by atoms with Crippen molar-refractivity contribution in [1.82, 2.24) is 0 Å². The summed E-state index contributed by atoms with van der Waals surface area (Å²) in [6.07, 6.45) is 3.44. The Bertz CT molecular complexity index is 700. The number of para-hydroxylation sites is 1. The molecular formula is C20H27O5P. The van der Waals surface area contributed by atoms with E-state index < -0.39 is 7.82 Å². The molecule has 0 aliphatic heterocycles. The zero-order valence-electron chi connectivity index (χ0n) is 15.2. The predicted octanol–water partition coefficient (Wildman–Crippen LogP) is 4.97. The third-order valence-electron chi connectivity index (χ3n) is 4.20. The summed E-state index contributed by atoms with van der Waals surface area (Å²) in [6, 6.07) is 15.5. The van der Waals surface area contributed by atoms with Gasteiger partial charge in [-0.05, 0) is 61.9 Å². The average molecular weight is 378 g/mol. The molecule has 2 aromatic rings.